The number of fused-ring (bicyclic) bond motifs is 1. The summed E-state index contributed by atoms with van der Waals surface area (Å²) in [6.45, 7) is 8.13. The third-order valence-electron chi connectivity index (χ3n) is 8.07. The highest BCUT2D eigenvalue weighted by Crippen LogP contribution is 2.41. The summed E-state index contributed by atoms with van der Waals surface area (Å²) in [5, 5.41) is 8.25. The molecule has 8 nitrogen and oxygen atoms in total. The molecule has 1 N–H and O–H groups in total. The minimum Gasteiger partial charge on any atom is -0.371 e. The van der Waals surface area contributed by atoms with Gasteiger partial charge in [0, 0.05) is 36.5 Å². The van der Waals surface area contributed by atoms with Crippen LogP contribution in [0.1, 0.15) is 60.6 Å². The lowest BCUT2D eigenvalue weighted by Gasteiger charge is -2.55. The SMILES string of the molecule is Cc1cc(CC(=O)NC2CCC(CCN3CCc4sc(N5CC6(CCO6)C5)nc4C3)CC2)on1. The van der Waals surface area contributed by atoms with Crippen molar-refractivity contribution in [1.29, 1.82) is 0 Å². The predicted molar refractivity (Wildman–Crippen MR) is 130 cm³/mol. The number of amides is 1. The maximum atomic E-state index is 12.3. The molecule has 0 aromatic carbocycles. The summed E-state index contributed by atoms with van der Waals surface area (Å²) in [6, 6.07) is 2.13. The van der Waals surface area contributed by atoms with Gasteiger partial charge in [-0.15, -0.1) is 11.3 Å². The van der Waals surface area contributed by atoms with Gasteiger partial charge in [-0.05, 0) is 57.9 Å². The molecule has 2 saturated heterocycles. The second-order valence-corrected chi connectivity index (χ2v) is 11.8. The van der Waals surface area contributed by atoms with E-state index in [0.29, 0.717) is 11.8 Å². The summed E-state index contributed by atoms with van der Waals surface area (Å²) < 4.78 is 10.9. The molecule has 6 rings (SSSR count). The summed E-state index contributed by atoms with van der Waals surface area (Å²) in [5.41, 5.74) is 2.28. The van der Waals surface area contributed by atoms with Gasteiger partial charge in [0.15, 0.2) is 5.13 Å². The van der Waals surface area contributed by atoms with E-state index >= 15 is 0 Å². The summed E-state index contributed by atoms with van der Waals surface area (Å²) in [5.74, 6) is 1.44. The summed E-state index contributed by atoms with van der Waals surface area (Å²) in [6.07, 6.45) is 8.42. The number of hydrogen-bond acceptors (Lipinski definition) is 8. The molecule has 0 bridgehead atoms. The van der Waals surface area contributed by atoms with E-state index in [1.807, 2.05) is 24.3 Å². The van der Waals surface area contributed by atoms with E-state index < -0.39 is 0 Å². The van der Waals surface area contributed by atoms with Gasteiger partial charge < -0.3 is 19.5 Å². The van der Waals surface area contributed by atoms with Gasteiger partial charge in [0.25, 0.3) is 0 Å². The maximum Gasteiger partial charge on any atom is 0.227 e. The lowest BCUT2D eigenvalue weighted by atomic mass is 9.84. The van der Waals surface area contributed by atoms with E-state index in [1.165, 1.54) is 41.4 Å². The van der Waals surface area contributed by atoms with Crippen molar-refractivity contribution in [3.8, 4) is 0 Å². The molecule has 3 aliphatic heterocycles. The Bertz CT molecular complexity index is 1020. The van der Waals surface area contributed by atoms with Gasteiger partial charge in [0.2, 0.25) is 5.91 Å². The highest BCUT2D eigenvalue weighted by Gasteiger charge is 2.50. The number of thiazole rings is 1. The van der Waals surface area contributed by atoms with Crippen LogP contribution >= 0.6 is 11.3 Å². The normalized spacial score (nSPS) is 26.1. The Morgan fingerprint density at radius 3 is 2.82 bits per heavy atom. The average molecular weight is 486 g/mol. The molecule has 1 spiro atoms. The Morgan fingerprint density at radius 2 is 2.12 bits per heavy atom. The second-order valence-electron chi connectivity index (χ2n) is 10.7. The number of carbonyl (C=O) groups is 1. The van der Waals surface area contributed by atoms with Gasteiger partial charge >= 0.3 is 0 Å². The highest BCUT2D eigenvalue weighted by molar-refractivity contribution is 7.15. The number of aryl methyl sites for hydroxylation is 1. The van der Waals surface area contributed by atoms with Crippen LogP contribution in [0.3, 0.4) is 0 Å². The van der Waals surface area contributed by atoms with Gasteiger partial charge in [-0.25, -0.2) is 4.98 Å². The van der Waals surface area contributed by atoms with Crippen LogP contribution in [-0.2, 0) is 28.9 Å². The Hall–Kier alpha value is -1.97. The molecule has 3 fully saturated rings. The van der Waals surface area contributed by atoms with Gasteiger partial charge in [-0.1, -0.05) is 5.16 Å². The topological polar surface area (TPSA) is 83.7 Å². The van der Waals surface area contributed by atoms with Crippen LogP contribution in [0.5, 0.6) is 0 Å². The number of rotatable bonds is 7. The van der Waals surface area contributed by atoms with Crippen molar-refractivity contribution in [3.05, 3.63) is 28.1 Å². The largest absolute Gasteiger partial charge is 0.371 e. The first-order valence-electron chi connectivity index (χ1n) is 12.8. The van der Waals surface area contributed by atoms with Crippen molar-refractivity contribution in [2.75, 3.05) is 37.7 Å². The fraction of sp³-hybridized carbons (Fsp3) is 0.720. The van der Waals surface area contributed by atoms with E-state index in [9.17, 15) is 4.79 Å². The first kappa shape index (κ1) is 22.5. The summed E-state index contributed by atoms with van der Waals surface area (Å²) in [7, 11) is 0. The predicted octanol–water partition coefficient (Wildman–Crippen LogP) is 3.08. The molecule has 34 heavy (non-hydrogen) atoms. The molecule has 184 valence electrons. The molecule has 2 aromatic heterocycles. The molecular weight excluding hydrogens is 450 g/mol. The lowest BCUT2D eigenvalue weighted by Crippen LogP contribution is -2.68. The van der Waals surface area contributed by atoms with Crippen LogP contribution in [0.2, 0.25) is 0 Å². The number of nitrogens with one attached hydrogen (secondary N) is 1. The fourth-order valence-electron chi connectivity index (χ4n) is 5.89. The molecular formula is C25H35N5O3S. The Morgan fingerprint density at radius 1 is 1.29 bits per heavy atom. The Balaban J connectivity index is 0.911. The number of ether oxygens (including phenoxy) is 1. The standard InChI is InChI=1S/C25H35N5O3S/c1-17-12-20(33-28-17)13-23(31)26-19-4-2-18(3-5-19)6-9-29-10-7-22-21(14-29)27-24(34-22)30-15-25(16-30)8-11-32-25/h12,18-19H,2-11,13-16H2,1H3,(H,26,31). The van der Waals surface area contributed by atoms with Crippen LogP contribution in [0.25, 0.3) is 0 Å². The third kappa shape index (κ3) is 4.75. The molecule has 9 heteroatoms. The zero-order chi connectivity index (χ0) is 23.1. The summed E-state index contributed by atoms with van der Waals surface area (Å²) in [4.78, 5) is 23.8. The van der Waals surface area contributed by atoms with E-state index in [4.69, 9.17) is 14.2 Å². The minimum atomic E-state index is 0.0416. The molecule has 0 unspecified atom stereocenters. The van der Waals surface area contributed by atoms with Crippen LogP contribution in [-0.4, -0.2) is 65.4 Å². The van der Waals surface area contributed by atoms with Crippen molar-refractivity contribution in [2.24, 2.45) is 5.92 Å². The van der Waals surface area contributed by atoms with Gasteiger partial charge in [-0.2, -0.15) is 0 Å². The van der Waals surface area contributed by atoms with E-state index in [1.54, 1.807) is 0 Å². The van der Waals surface area contributed by atoms with Crippen molar-refractivity contribution in [3.63, 3.8) is 0 Å². The molecule has 5 heterocycles. The molecule has 1 aliphatic carbocycles. The molecule has 2 aromatic rings. The zero-order valence-electron chi connectivity index (χ0n) is 20.1. The fourth-order valence-corrected chi connectivity index (χ4v) is 6.94. The molecule has 1 amide bonds. The first-order valence-corrected chi connectivity index (χ1v) is 13.7. The number of hydrogen-bond donors (Lipinski definition) is 1. The molecule has 0 atom stereocenters. The minimum absolute atomic E-state index is 0.0416. The van der Waals surface area contributed by atoms with Crippen molar-refractivity contribution in [1.82, 2.24) is 20.4 Å². The smallest absolute Gasteiger partial charge is 0.227 e. The Labute approximate surface area is 205 Å². The number of anilines is 1. The van der Waals surface area contributed by atoms with Crippen molar-refractivity contribution >= 4 is 22.4 Å². The van der Waals surface area contributed by atoms with E-state index in [2.05, 4.69) is 20.3 Å². The van der Waals surface area contributed by atoms with E-state index in [0.717, 1.165) is 70.2 Å². The molecule has 4 aliphatic rings. The van der Waals surface area contributed by atoms with Crippen LogP contribution in [0.4, 0.5) is 5.13 Å². The number of carbonyl (C=O) groups excluding carboxylic acids is 1. The number of nitrogens with zero attached hydrogens (tertiary/aromatic N) is 4. The molecule has 1 saturated carbocycles. The van der Waals surface area contributed by atoms with Crippen LogP contribution in [0.15, 0.2) is 10.6 Å². The van der Waals surface area contributed by atoms with Gasteiger partial charge in [0.05, 0.1) is 37.5 Å². The maximum absolute atomic E-state index is 12.3. The van der Waals surface area contributed by atoms with Gasteiger partial charge in [-0.3, -0.25) is 9.69 Å². The highest BCUT2D eigenvalue weighted by atomic mass is 32.1. The first-order chi connectivity index (χ1) is 16.5. The Kier molecular flexibility index (Phi) is 6.11. The third-order valence-corrected chi connectivity index (χ3v) is 9.29. The number of aromatic nitrogens is 2. The quantitative estimate of drug-likeness (QED) is 0.645. The zero-order valence-corrected chi connectivity index (χ0v) is 20.9. The average Bonchev–Trinajstić information content (AvgIpc) is 3.36. The van der Waals surface area contributed by atoms with Crippen molar-refractivity contribution in [2.45, 2.75) is 76.5 Å². The van der Waals surface area contributed by atoms with E-state index in [-0.39, 0.29) is 17.9 Å². The van der Waals surface area contributed by atoms with Crippen molar-refractivity contribution < 1.29 is 14.1 Å². The van der Waals surface area contributed by atoms with Crippen LogP contribution in [0, 0.1) is 12.8 Å². The monoisotopic (exact) mass is 485 g/mol. The molecule has 0 radical (unpaired) electrons. The summed E-state index contributed by atoms with van der Waals surface area (Å²) >= 11 is 1.90. The second kappa shape index (κ2) is 9.24. The van der Waals surface area contributed by atoms with Crippen LogP contribution < -0.4 is 10.2 Å². The lowest BCUT2D eigenvalue weighted by molar-refractivity contribution is -0.160. The van der Waals surface area contributed by atoms with Gasteiger partial charge in [0.1, 0.15) is 11.4 Å².